The molecule has 1 N–H and O–H groups in total. The number of para-hydroxylation sites is 1. The van der Waals surface area contributed by atoms with Crippen molar-refractivity contribution < 1.29 is 0 Å². The van der Waals surface area contributed by atoms with Gasteiger partial charge in [-0.3, -0.25) is 15.0 Å². The maximum Gasteiger partial charge on any atom is 0.143 e. The summed E-state index contributed by atoms with van der Waals surface area (Å²) in [5.74, 6) is 1.43. The van der Waals surface area contributed by atoms with E-state index in [0.29, 0.717) is 5.92 Å². The highest BCUT2D eigenvalue weighted by molar-refractivity contribution is 5.80. The number of piperidine rings is 1. The second-order valence-electron chi connectivity index (χ2n) is 8.79. The molecule has 0 saturated carbocycles. The Morgan fingerprint density at radius 1 is 1.03 bits per heavy atom. The standard InChI is InChI=1S/C26H30N6/c1-4-19-9-12-27-18(3)26(19)24-15-23(30-31-24)20-10-13-32(14-11-20)16-25-28-17(2)21-7-5-6-8-22(21)29-25/h5-9,12,15,20H,4,10-11,13-14,16H2,1-3H3,(H,30,31). The van der Waals surface area contributed by atoms with E-state index in [2.05, 4.69) is 65.1 Å². The maximum absolute atomic E-state index is 4.79. The molecule has 1 saturated heterocycles. The van der Waals surface area contributed by atoms with Crippen molar-refractivity contribution in [2.75, 3.05) is 13.1 Å². The molecule has 5 rings (SSSR count). The normalized spacial score (nSPS) is 15.5. The van der Waals surface area contributed by atoms with E-state index in [0.717, 1.165) is 72.7 Å². The highest BCUT2D eigenvalue weighted by atomic mass is 15.2. The van der Waals surface area contributed by atoms with Gasteiger partial charge in [-0.25, -0.2) is 9.97 Å². The second kappa shape index (κ2) is 8.79. The minimum Gasteiger partial charge on any atom is -0.296 e. The molecule has 3 aromatic heterocycles. The van der Waals surface area contributed by atoms with Crippen LogP contribution < -0.4 is 0 Å². The third-order valence-electron chi connectivity index (χ3n) is 6.69. The van der Waals surface area contributed by atoms with Crippen LogP contribution in [-0.4, -0.2) is 43.1 Å². The summed E-state index contributed by atoms with van der Waals surface area (Å²) in [6, 6.07) is 12.6. The predicted molar refractivity (Wildman–Crippen MR) is 127 cm³/mol. The zero-order chi connectivity index (χ0) is 22.1. The Bertz CT molecular complexity index is 1240. The topological polar surface area (TPSA) is 70.6 Å². The molecule has 0 amide bonds. The first-order chi connectivity index (χ1) is 15.6. The molecule has 6 nitrogen and oxygen atoms in total. The van der Waals surface area contributed by atoms with Crippen LogP contribution in [0.4, 0.5) is 0 Å². The summed E-state index contributed by atoms with van der Waals surface area (Å²) in [7, 11) is 0. The van der Waals surface area contributed by atoms with Crippen LogP contribution in [0.15, 0.2) is 42.6 Å². The van der Waals surface area contributed by atoms with Crippen LogP contribution in [0, 0.1) is 13.8 Å². The third-order valence-corrected chi connectivity index (χ3v) is 6.69. The monoisotopic (exact) mass is 426 g/mol. The zero-order valence-electron chi connectivity index (χ0n) is 19.1. The minimum absolute atomic E-state index is 0.508. The number of likely N-dealkylation sites (tertiary alicyclic amines) is 1. The van der Waals surface area contributed by atoms with Crippen molar-refractivity contribution in [1.29, 1.82) is 0 Å². The molecule has 1 aliphatic heterocycles. The summed E-state index contributed by atoms with van der Waals surface area (Å²) in [5.41, 5.74) is 7.88. The van der Waals surface area contributed by atoms with Gasteiger partial charge in [0.25, 0.3) is 0 Å². The van der Waals surface area contributed by atoms with Gasteiger partial charge in [0.1, 0.15) is 5.82 Å². The molecule has 0 bridgehead atoms. The Kier molecular flexibility index (Phi) is 5.70. The zero-order valence-corrected chi connectivity index (χ0v) is 19.1. The Morgan fingerprint density at radius 3 is 2.66 bits per heavy atom. The third kappa shape index (κ3) is 4.02. The van der Waals surface area contributed by atoms with Gasteiger partial charge in [-0.1, -0.05) is 25.1 Å². The molecule has 0 unspecified atom stereocenters. The van der Waals surface area contributed by atoms with E-state index in [4.69, 9.17) is 9.97 Å². The summed E-state index contributed by atoms with van der Waals surface area (Å²) >= 11 is 0. The van der Waals surface area contributed by atoms with E-state index in [1.165, 1.54) is 16.8 Å². The fraction of sp³-hybridized carbons (Fsp3) is 0.385. The van der Waals surface area contributed by atoms with Gasteiger partial charge in [0, 0.05) is 40.1 Å². The second-order valence-corrected chi connectivity index (χ2v) is 8.79. The molecule has 1 aliphatic rings. The Labute approximate surface area is 189 Å². The molecule has 0 aliphatic carbocycles. The fourth-order valence-corrected chi connectivity index (χ4v) is 4.91. The molecule has 4 heterocycles. The number of pyridine rings is 1. The first-order valence-corrected chi connectivity index (χ1v) is 11.6. The smallest absolute Gasteiger partial charge is 0.143 e. The lowest BCUT2D eigenvalue weighted by atomic mass is 9.92. The molecule has 1 aromatic carbocycles. The number of benzene rings is 1. The molecule has 0 atom stereocenters. The van der Waals surface area contributed by atoms with E-state index in [1.54, 1.807) is 0 Å². The number of nitrogens with zero attached hydrogens (tertiary/aromatic N) is 5. The van der Waals surface area contributed by atoms with Crippen molar-refractivity contribution in [2.45, 2.75) is 52.5 Å². The highest BCUT2D eigenvalue weighted by Gasteiger charge is 2.24. The van der Waals surface area contributed by atoms with Crippen molar-refractivity contribution in [3.05, 3.63) is 71.1 Å². The Hall–Kier alpha value is -3.12. The van der Waals surface area contributed by atoms with Crippen LogP contribution in [0.25, 0.3) is 22.2 Å². The maximum atomic E-state index is 4.79. The number of fused-ring (bicyclic) bond motifs is 1. The van der Waals surface area contributed by atoms with Crippen LogP contribution >= 0.6 is 0 Å². The summed E-state index contributed by atoms with van der Waals surface area (Å²) in [6.45, 7) is 9.21. The molecule has 4 aromatic rings. The van der Waals surface area contributed by atoms with E-state index in [-0.39, 0.29) is 0 Å². The number of nitrogens with one attached hydrogen (secondary N) is 1. The summed E-state index contributed by atoms with van der Waals surface area (Å²) in [4.78, 5) is 16.5. The van der Waals surface area contributed by atoms with Crippen LogP contribution in [-0.2, 0) is 13.0 Å². The Morgan fingerprint density at radius 2 is 1.84 bits per heavy atom. The van der Waals surface area contributed by atoms with Crippen molar-refractivity contribution in [2.24, 2.45) is 0 Å². The fourth-order valence-electron chi connectivity index (χ4n) is 4.91. The van der Waals surface area contributed by atoms with Crippen molar-refractivity contribution in [3.8, 4) is 11.3 Å². The number of hydrogen-bond donors (Lipinski definition) is 1. The highest BCUT2D eigenvalue weighted by Crippen LogP contribution is 2.32. The van der Waals surface area contributed by atoms with Crippen LogP contribution in [0.2, 0.25) is 0 Å². The van der Waals surface area contributed by atoms with E-state index in [1.807, 2.05) is 18.3 Å². The van der Waals surface area contributed by atoms with Crippen LogP contribution in [0.3, 0.4) is 0 Å². The lowest BCUT2D eigenvalue weighted by molar-refractivity contribution is 0.199. The molecule has 1 fully saturated rings. The molecular weight excluding hydrogens is 396 g/mol. The minimum atomic E-state index is 0.508. The van der Waals surface area contributed by atoms with Gasteiger partial charge >= 0.3 is 0 Å². The molecular formula is C26H30N6. The molecule has 32 heavy (non-hydrogen) atoms. The number of rotatable bonds is 5. The van der Waals surface area contributed by atoms with E-state index in [9.17, 15) is 0 Å². The molecule has 0 spiro atoms. The van der Waals surface area contributed by atoms with Crippen LogP contribution in [0.5, 0.6) is 0 Å². The average Bonchev–Trinajstić information content (AvgIpc) is 3.29. The SMILES string of the molecule is CCc1ccnc(C)c1-c1cc(C2CCN(Cc3nc(C)c4ccccc4n3)CC2)[nH]n1. The number of hydrogen-bond acceptors (Lipinski definition) is 5. The molecule has 164 valence electrons. The number of aromatic amines is 1. The average molecular weight is 427 g/mol. The van der Waals surface area contributed by atoms with Gasteiger partial charge in [0.2, 0.25) is 0 Å². The van der Waals surface area contributed by atoms with Crippen molar-refractivity contribution >= 4 is 10.9 Å². The van der Waals surface area contributed by atoms with E-state index < -0.39 is 0 Å². The largest absolute Gasteiger partial charge is 0.296 e. The first kappa shape index (κ1) is 20.8. The van der Waals surface area contributed by atoms with Gasteiger partial charge in [-0.05, 0) is 70.0 Å². The summed E-state index contributed by atoms with van der Waals surface area (Å²) in [5, 5.41) is 9.12. The van der Waals surface area contributed by atoms with Crippen molar-refractivity contribution in [3.63, 3.8) is 0 Å². The van der Waals surface area contributed by atoms with Gasteiger partial charge in [-0.2, -0.15) is 5.10 Å². The number of H-pyrrole nitrogens is 1. The summed E-state index contributed by atoms with van der Waals surface area (Å²) < 4.78 is 0. The number of aryl methyl sites for hydroxylation is 3. The number of aromatic nitrogens is 5. The van der Waals surface area contributed by atoms with E-state index >= 15 is 0 Å². The Balaban J connectivity index is 1.26. The first-order valence-electron chi connectivity index (χ1n) is 11.6. The molecule has 0 radical (unpaired) electrons. The van der Waals surface area contributed by atoms with Crippen molar-refractivity contribution in [1.82, 2.24) is 30.0 Å². The van der Waals surface area contributed by atoms with Crippen LogP contribution in [0.1, 0.15) is 54.2 Å². The van der Waals surface area contributed by atoms with Gasteiger partial charge in [0.05, 0.1) is 17.8 Å². The quantitative estimate of drug-likeness (QED) is 0.488. The van der Waals surface area contributed by atoms with Gasteiger partial charge < -0.3 is 0 Å². The molecule has 6 heteroatoms. The van der Waals surface area contributed by atoms with Gasteiger partial charge in [-0.15, -0.1) is 0 Å². The lowest BCUT2D eigenvalue weighted by Crippen LogP contribution is -2.33. The lowest BCUT2D eigenvalue weighted by Gasteiger charge is -2.30. The predicted octanol–water partition coefficient (Wildman–Crippen LogP) is 4.97. The summed E-state index contributed by atoms with van der Waals surface area (Å²) in [6.07, 6.45) is 5.10. The van der Waals surface area contributed by atoms with Gasteiger partial charge in [0.15, 0.2) is 0 Å².